The van der Waals surface area contributed by atoms with Gasteiger partial charge in [0.1, 0.15) is 5.01 Å². The Morgan fingerprint density at radius 1 is 1.00 bits per heavy atom. The van der Waals surface area contributed by atoms with E-state index in [0.29, 0.717) is 16.7 Å². The summed E-state index contributed by atoms with van der Waals surface area (Å²) in [6.45, 7) is 7.15. The number of aliphatic hydroxyl groups is 1. The van der Waals surface area contributed by atoms with Crippen LogP contribution in [0.2, 0.25) is 5.02 Å². The largest absolute Gasteiger partial charge is 0.481 e. The van der Waals surface area contributed by atoms with E-state index in [2.05, 4.69) is 27.8 Å². The third-order valence-corrected chi connectivity index (χ3v) is 6.98. The Bertz CT molecular complexity index is 1690. The van der Waals surface area contributed by atoms with E-state index in [1.54, 1.807) is 39.4 Å². The van der Waals surface area contributed by atoms with Crippen LogP contribution in [0.5, 0.6) is 6.01 Å². The number of halogens is 1. The van der Waals surface area contributed by atoms with E-state index < -0.39 is 11.6 Å². The second-order valence-corrected chi connectivity index (χ2v) is 11.5. The van der Waals surface area contributed by atoms with Gasteiger partial charge in [-0.05, 0) is 74.7 Å². The molecule has 10 heteroatoms. The topological polar surface area (TPSA) is 118 Å². The first-order valence-corrected chi connectivity index (χ1v) is 13.9. The number of thiazole rings is 1. The van der Waals surface area contributed by atoms with Crippen LogP contribution in [0.4, 0.5) is 0 Å². The standard InChI is InChI=1S/C26H19ClN4O3S.C4H10O.C2H2/c1-14-9-21-24(23(19(14)11-22(32)33)15-3-5-18(27)6-4-15)35-25(31-21)16-7-8-28-20(10-16)17-12-29-26(34-2)30-13-17;1-4(2,3)5;1-2/h3-10,12-13H,11H2,1-2H3,(H,32,33);5H,1-3H3;1-2H. The summed E-state index contributed by atoms with van der Waals surface area (Å²) in [5, 5.41) is 19.5. The zero-order valence-electron chi connectivity index (χ0n) is 23.9. The number of pyridine rings is 1. The van der Waals surface area contributed by atoms with Crippen molar-refractivity contribution in [3.05, 3.63) is 77.2 Å². The van der Waals surface area contributed by atoms with Crippen molar-refractivity contribution in [3.8, 4) is 51.8 Å². The maximum Gasteiger partial charge on any atom is 0.316 e. The molecular weight excluding hydrogens is 572 g/mol. The van der Waals surface area contributed by atoms with Crippen molar-refractivity contribution >= 4 is 39.1 Å². The molecule has 0 saturated heterocycles. The van der Waals surface area contributed by atoms with Gasteiger partial charge in [-0.2, -0.15) is 0 Å². The molecule has 0 aliphatic heterocycles. The second kappa shape index (κ2) is 14.0. The van der Waals surface area contributed by atoms with Crippen LogP contribution >= 0.6 is 22.9 Å². The first-order valence-electron chi connectivity index (χ1n) is 12.7. The number of carboxylic acid groups (broad SMARTS) is 1. The summed E-state index contributed by atoms with van der Waals surface area (Å²) in [7, 11) is 1.52. The summed E-state index contributed by atoms with van der Waals surface area (Å²) in [6, 6.07) is 13.5. The van der Waals surface area contributed by atoms with Gasteiger partial charge < -0.3 is 14.9 Å². The number of ether oxygens (including phenoxy) is 1. The monoisotopic (exact) mass is 602 g/mol. The van der Waals surface area contributed by atoms with E-state index in [-0.39, 0.29) is 6.42 Å². The maximum absolute atomic E-state index is 11.7. The normalized spacial score (nSPS) is 10.7. The van der Waals surface area contributed by atoms with E-state index in [4.69, 9.17) is 26.4 Å². The summed E-state index contributed by atoms with van der Waals surface area (Å²) in [4.78, 5) is 29.4. The number of rotatable bonds is 6. The minimum absolute atomic E-state index is 0.0795. The Kier molecular flexibility index (Phi) is 10.7. The molecule has 0 aliphatic rings. The van der Waals surface area contributed by atoms with Crippen LogP contribution < -0.4 is 4.74 Å². The third-order valence-electron chi connectivity index (χ3n) is 5.59. The zero-order valence-corrected chi connectivity index (χ0v) is 25.5. The summed E-state index contributed by atoms with van der Waals surface area (Å²) in [6.07, 6.45) is 13.0. The number of carbonyl (C=O) groups is 1. The number of nitrogens with zero attached hydrogens (tertiary/aromatic N) is 4. The molecule has 0 saturated carbocycles. The molecule has 2 N–H and O–H groups in total. The minimum Gasteiger partial charge on any atom is -0.481 e. The summed E-state index contributed by atoms with van der Waals surface area (Å²) >= 11 is 7.63. The first-order chi connectivity index (χ1) is 19.9. The molecule has 3 heterocycles. The van der Waals surface area contributed by atoms with Gasteiger partial charge in [0.05, 0.1) is 35.0 Å². The number of methoxy groups -OCH3 is 1. The van der Waals surface area contributed by atoms with Gasteiger partial charge in [0.25, 0.3) is 0 Å². The van der Waals surface area contributed by atoms with Gasteiger partial charge in [0, 0.05) is 40.3 Å². The van der Waals surface area contributed by atoms with Gasteiger partial charge in [-0.25, -0.2) is 15.0 Å². The second-order valence-electron chi connectivity index (χ2n) is 10.1. The van der Waals surface area contributed by atoms with Crippen LogP contribution in [-0.4, -0.2) is 48.8 Å². The van der Waals surface area contributed by atoms with Crippen molar-refractivity contribution in [1.82, 2.24) is 19.9 Å². The van der Waals surface area contributed by atoms with Crippen molar-refractivity contribution in [3.63, 3.8) is 0 Å². The van der Waals surface area contributed by atoms with Crippen molar-refractivity contribution in [2.75, 3.05) is 7.11 Å². The van der Waals surface area contributed by atoms with E-state index in [0.717, 1.165) is 48.6 Å². The predicted octanol–water partition coefficient (Wildman–Crippen LogP) is 7.11. The molecule has 2 aromatic carbocycles. The number of aryl methyl sites for hydroxylation is 1. The van der Waals surface area contributed by atoms with Crippen LogP contribution in [0.25, 0.3) is 43.2 Å². The average Bonchev–Trinajstić information content (AvgIpc) is 3.38. The maximum atomic E-state index is 11.7. The molecule has 0 unspecified atom stereocenters. The van der Waals surface area contributed by atoms with Crippen LogP contribution in [0.1, 0.15) is 31.9 Å². The number of fused-ring (bicyclic) bond motifs is 1. The molecule has 0 bridgehead atoms. The highest BCUT2D eigenvalue weighted by Crippen LogP contribution is 2.41. The Morgan fingerprint density at radius 3 is 2.19 bits per heavy atom. The lowest BCUT2D eigenvalue weighted by Gasteiger charge is -2.13. The van der Waals surface area contributed by atoms with E-state index in [9.17, 15) is 9.90 Å². The number of carboxylic acids is 1. The number of aromatic nitrogens is 4. The minimum atomic E-state index is -0.882. The van der Waals surface area contributed by atoms with Crippen molar-refractivity contribution in [2.45, 2.75) is 39.7 Å². The van der Waals surface area contributed by atoms with Crippen molar-refractivity contribution < 1.29 is 19.7 Å². The quantitative estimate of drug-likeness (QED) is 0.197. The molecule has 0 atom stereocenters. The molecule has 5 rings (SSSR count). The Labute approximate surface area is 254 Å². The molecule has 0 radical (unpaired) electrons. The summed E-state index contributed by atoms with van der Waals surface area (Å²) < 4.78 is 5.96. The molecule has 0 fully saturated rings. The number of benzene rings is 2. The summed E-state index contributed by atoms with van der Waals surface area (Å²) in [5.74, 6) is -0.882. The Hall–Kier alpha value is -4.36. The van der Waals surface area contributed by atoms with E-state index in [1.165, 1.54) is 18.4 Å². The highest BCUT2D eigenvalue weighted by molar-refractivity contribution is 7.22. The lowest BCUT2D eigenvalue weighted by Crippen LogP contribution is -2.10. The highest BCUT2D eigenvalue weighted by atomic mass is 35.5. The molecule has 216 valence electrons. The van der Waals surface area contributed by atoms with Gasteiger partial charge in [-0.15, -0.1) is 24.2 Å². The van der Waals surface area contributed by atoms with Crippen LogP contribution in [0, 0.1) is 19.8 Å². The number of hydrogen-bond donors (Lipinski definition) is 2. The first kappa shape index (κ1) is 32.2. The molecular formula is C32H31ClN4O4S. The molecule has 0 amide bonds. The fraction of sp³-hybridized carbons (Fsp3) is 0.219. The van der Waals surface area contributed by atoms with Gasteiger partial charge in [0.15, 0.2) is 0 Å². The summed E-state index contributed by atoms with van der Waals surface area (Å²) in [5.41, 5.74) is 6.11. The smallest absolute Gasteiger partial charge is 0.316 e. The predicted molar refractivity (Wildman–Crippen MR) is 169 cm³/mol. The molecule has 42 heavy (non-hydrogen) atoms. The highest BCUT2D eigenvalue weighted by Gasteiger charge is 2.20. The SMILES string of the molecule is C#C.CC(C)(C)O.COc1ncc(-c2cc(-c3nc4cc(C)c(CC(=O)O)c(-c5ccc(Cl)cc5)c4s3)ccn2)cn1. The fourth-order valence-electron chi connectivity index (χ4n) is 3.93. The molecule has 8 nitrogen and oxygen atoms in total. The zero-order chi connectivity index (χ0) is 31.0. The van der Waals surface area contributed by atoms with E-state index in [1.807, 2.05) is 49.4 Å². The molecule has 0 spiro atoms. The fourth-order valence-corrected chi connectivity index (χ4v) is 5.20. The molecule has 0 aliphatic carbocycles. The van der Waals surface area contributed by atoms with Gasteiger partial charge >= 0.3 is 12.0 Å². The average molecular weight is 603 g/mol. The van der Waals surface area contributed by atoms with Gasteiger partial charge in [0.2, 0.25) is 0 Å². The van der Waals surface area contributed by atoms with Crippen LogP contribution in [0.3, 0.4) is 0 Å². The van der Waals surface area contributed by atoms with E-state index >= 15 is 0 Å². The third kappa shape index (κ3) is 8.33. The van der Waals surface area contributed by atoms with Crippen molar-refractivity contribution in [1.29, 1.82) is 0 Å². The molecule has 3 aromatic heterocycles. The molecule has 5 aromatic rings. The lowest BCUT2D eigenvalue weighted by atomic mass is 9.93. The van der Waals surface area contributed by atoms with Crippen LogP contribution in [-0.2, 0) is 11.2 Å². The van der Waals surface area contributed by atoms with Gasteiger partial charge in [-0.1, -0.05) is 23.7 Å². The van der Waals surface area contributed by atoms with Crippen molar-refractivity contribution in [2.24, 2.45) is 0 Å². The number of terminal acetylenes is 1. The van der Waals surface area contributed by atoms with Crippen LogP contribution in [0.15, 0.2) is 61.1 Å². The Morgan fingerprint density at radius 2 is 1.62 bits per heavy atom. The van der Waals surface area contributed by atoms with Gasteiger partial charge in [-0.3, -0.25) is 9.78 Å². The Balaban J connectivity index is 0.000000627. The number of hydrogen-bond acceptors (Lipinski definition) is 8. The lowest BCUT2D eigenvalue weighted by molar-refractivity contribution is -0.136. The number of aliphatic carboxylic acids is 1.